The number of aryl methyl sites for hydroxylation is 1. The molecule has 2 heterocycles. The molecule has 3 amide bonds. The lowest BCUT2D eigenvalue weighted by atomic mass is 9.93. The molecule has 2 fully saturated rings. The van der Waals surface area contributed by atoms with Gasteiger partial charge in [-0.3, -0.25) is 19.2 Å². The minimum absolute atomic E-state index is 0.0935. The van der Waals surface area contributed by atoms with Gasteiger partial charge >= 0.3 is 0 Å². The molecule has 0 aliphatic carbocycles. The minimum Gasteiger partial charge on any atom is -0.361 e. The molecule has 0 saturated carbocycles. The SMILES string of the molecule is CC(=O)N(C1CNCCO1)[C@@H](CCc1ccccc1)CN[C@@H](CC(C)C)C(=O)N[C@@H](Cc1ccccc1)C(=O)N[C@@H](CC(C)C)C(=O)[C@@]1(C)CO1. The Labute approximate surface area is 304 Å². The molecule has 4 N–H and O–H groups in total. The highest BCUT2D eigenvalue weighted by atomic mass is 16.6. The molecule has 2 aliphatic heterocycles. The van der Waals surface area contributed by atoms with Crippen molar-refractivity contribution < 1.29 is 28.7 Å². The molecule has 0 bridgehead atoms. The third kappa shape index (κ3) is 12.5. The summed E-state index contributed by atoms with van der Waals surface area (Å²) in [4.78, 5) is 56.5. The Hall–Kier alpha value is -3.64. The van der Waals surface area contributed by atoms with E-state index in [0.717, 1.165) is 24.1 Å². The van der Waals surface area contributed by atoms with Gasteiger partial charge in [-0.15, -0.1) is 0 Å². The summed E-state index contributed by atoms with van der Waals surface area (Å²) in [5.74, 6) is -0.645. The summed E-state index contributed by atoms with van der Waals surface area (Å²) < 4.78 is 11.5. The van der Waals surface area contributed by atoms with Crippen molar-refractivity contribution in [2.75, 3.05) is 32.8 Å². The molecular formula is C40H59N5O6. The number of epoxide rings is 1. The van der Waals surface area contributed by atoms with E-state index in [1.165, 1.54) is 0 Å². The lowest BCUT2D eigenvalue weighted by Crippen LogP contribution is -2.60. The van der Waals surface area contributed by atoms with Crippen molar-refractivity contribution in [2.45, 2.75) is 110 Å². The van der Waals surface area contributed by atoms with Gasteiger partial charge in [0.2, 0.25) is 17.7 Å². The van der Waals surface area contributed by atoms with Crippen molar-refractivity contribution in [1.29, 1.82) is 0 Å². The first-order chi connectivity index (χ1) is 24.4. The molecule has 11 nitrogen and oxygen atoms in total. The number of nitrogens with zero attached hydrogens (tertiary/aromatic N) is 1. The minimum atomic E-state index is -0.920. The van der Waals surface area contributed by atoms with Gasteiger partial charge in [0.05, 0.1) is 25.3 Å². The fourth-order valence-electron chi connectivity index (χ4n) is 6.70. The van der Waals surface area contributed by atoms with Crippen LogP contribution in [0.3, 0.4) is 0 Å². The number of hydrogen-bond acceptors (Lipinski definition) is 8. The van der Waals surface area contributed by atoms with Crippen LogP contribution in [0.4, 0.5) is 0 Å². The van der Waals surface area contributed by atoms with Crippen LogP contribution in [-0.4, -0.2) is 97.2 Å². The maximum Gasteiger partial charge on any atom is 0.243 e. The molecule has 51 heavy (non-hydrogen) atoms. The Kier molecular flexibility index (Phi) is 15.2. The largest absolute Gasteiger partial charge is 0.361 e. The second kappa shape index (κ2) is 19.3. The van der Waals surface area contributed by atoms with Gasteiger partial charge < -0.3 is 35.6 Å². The summed E-state index contributed by atoms with van der Waals surface area (Å²) in [6, 6.07) is 17.1. The van der Waals surface area contributed by atoms with Gasteiger partial charge in [0, 0.05) is 39.0 Å². The average molecular weight is 706 g/mol. The molecule has 280 valence electrons. The number of carbonyl (C=O) groups is 4. The molecule has 2 saturated heterocycles. The van der Waals surface area contributed by atoms with Gasteiger partial charge in [-0.25, -0.2) is 0 Å². The highest BCUT2D eigenvalue weighted by molar-refractivity contribution is 5.98. The molecule has 2 aromatic carbocycles. The van der Waals surface area contributed by atoms with E-state index in [2.05, 4.69) is 47.2 Å². The van der Waals surface area contributed by atoms with E-state index in [1.54, 1.807) is 18.7 Å². The van der Waals surface area contributed by atoms with Crippen molar-refractivity contribution in [2.24, 2.45) is 11.8 Å². The number of ketones is 1. The Morgan fingerprint density at radius 3 is 1.98 bits per heavy atom. The van der Waals surface area contributed by atoms with Crippen LogP contribution in [0.1, 0.15) is 71.9 Å². The molecule has 2 aromatic rings. The third-order valence-electron chi connectivity index (χ3n) is 9.56. The van der Waals surface area contributed by atoms with Gasteiger partial charge in [-0.05, 0) is 55.6 Å². The van der Waals surface area contributed by atoms with Crippen LogP contribution in [0.2, 0.25) is 0 Å². The van der Waals surface area contributed by atoms with Crippen LogP contribution >= 0.6 is 0 Å². The van der Waals surface area contributed by atoms with Crippen LogP contribution in [0, 0.1) is 11.8 Å². The van der Waals surface area contributed by atoms with Crippen molar-refractivity contribution in [1.82, 2.24) is 26.2 Å². The van der Waals surface area contributed by atoms with Crippen LogP contribution in [0.25, 0.3) is 0 Å². The lowest BCUT2D eigenvalue weighted by molar-refractivity contribution is -0.152. The van der Waals surface area contributed by atoms with Crippen LogP contribution < -0.4 is 21.3 Å². The van der Waals surface area contributed by atoms with Crippen molar-refractivity contribution in [3.8, 4) is 0 Å². The third-order valence-corrected chi connectivity index (χ3v) is 9.56. The zero-order valence-electron chi connectivity index (χ0n) is 31.3. The summed E-state index contributed by atoms with van der Waals surface area (Å²) in [5, 5.41) is 12.9. The number of Topliss-reactive ketones (excluding diaryl/α,β-unsaturated/α-hetero) is 1. The number of carbonyl (C=O) groups excluding carboxylic acids is 4. The molecule has 0 spiro atoms. The first-order valence-corrected chi connectivity index (χ1v) is 18.6. The number of nitrogens with one attached hydrogen (secondary N) is 4. The molecule has 4 rings (SSSR count). The van der Waals surface area contributed by atoms with Gasteiger partial charge in [0.25, 0.3) is 0 Å². The predicted molar refractivity (Wildman–Crippen MR) is 198 cm³/mol. The quantitative estimate of drug-likeness (QED) is 0.154. The van der Waals surface area contributed by atoms with Gasteiger partial charge in [0.1, 0.15) is 17.9 Å². The zero-order valence-corrected chi connectivity index (χ0v) is 31.3. The first kappa shape index (κ1) is 40.1. The lowest BCUT2D eigenvalue weighted by Gasteiger charge is -2.40. The number of benzene rings is 2. The van der Waals surface area contributed by atoms with Crippen LogP contribution in [-0.2, 0) is 41.5 Å². The Balaban J connectivity index is 1.54. The fraction of sp³-hybridized carbons (Fsp3) is 0.600. The van der Waals surface area contributed by atoms with Crippen molar-refractivity contribution in [3.63, 3.8) is 0 Å². The predicted octanol–water partition coefficient (Wildman–Crippen LogP) is 3.40. The number of rotatable bonds is 20. The van der Waals surface area contributed by atoms with E-state index in [-0.39, 0.29) is 41.9 Å². The summed E-state index contributed by atoms with van der Waals surface area (Å²) in [7, 11) is 0. The zero-order chi connectivity index (χ0) is 37.0. The molecule has 2 aliphatic rings. The molecular weight excluding hydrogens is 646 g/mol. The van der Waals surface area contributed by atoms with E-state index >= 15 is 0 Å². The van der Waals surface area contributed by atoms with Crippen LogP contribution in [0.5, 0.6) is 0 Å². The standard InChI is InChI=1S/C40H59N5O6/c1-27(2)21-33(37(47)40(6)26-51-40)43-39(49)35(23-31-15-11-8-12-16-31)44-38(48)34(22-28(3)4)42-24-32(18-17-30-13-9-7-10-14-30)45(29(5)46)36-25-41-19-20-50-36/h7-16,27-28,32-36,41-42H,17-26H2,1-6H3,(H,43,49)(H,44,48)/t32-,33-,34-,35-,36?,40+/m0/s1. The molecule has 0 radical (unpaired) electrons. The second-order valence-electron chi connectivity index (χ2n) is 15.0. The number of morpholine rings is 1. The van der Waals surface area contributed by atoms with Crippen molar-refractivity contribution in [3.05, 3.63) is 71.8 Å². The summed E-state index contributed by atoms with van der Waals surface area (Å²) in [6.07, 6.45) is 2.23. The van der Waals surface area contributed by atoms with E-state index < -0.39 is 35.9 Å². The Morgan fingerprint density at radius 2 is 1.43 bits per heavy atom. The van der Waals surface area contributed by atoms with E-state index in [0.29, 0.717) is 45.6 Å². The number of amides is 3. The van der Waals surface area contributed by atoms with E-state index in [1.807, 2.05) is 62.4 Å². The smallest absolute Gasteiger partial charge is 0.243 e. The summed E-state index contributed by atoms with van der Waals surface area (Å²) >= 11 is 0. The second-order valence-corrected chi connectivity index (χ2v) is 15.0. The monoisotopic (exact) mass is 705 g/mol. The number of ether oxygens (including phenoxy) is 2. The molecule has 11 heteroatoms. The molecule has 0 aromatic heterocycles. The van der Waals surface area contributed by atoms with Gasteiger partial charge in [-0.1, -0.05) is 88.4 Å². The van der Waals surface area contributed by atoms with Crippen LogP contribution in [0.15, 0.2) is 60.7 Å². The van der Waals surface area contributed by atoms with Gasteiger partial charge in [0.15, 0.2) is 5.78 Å². The Bertz CT molecular complexity index is 1410. The maximum absolute atomic E-state index is 14.2. The summed E-state index contributed by atoms with van der Waals surface area (Å²) in [6.45, 7) is 13.9. The van der Waals surface area contributed by atoms with E-state index in [9.17, 15) is 19.2 Å². The fourth-order valence-corrected chi connectivity index (χ4v) is 6.70. The first-order valence-electron chi connectivity index (χ1n) is 18.6. The molecule has 6 atom stereocenters. The van der Waals surface area contributed by atoms with E-state index in [4.69, 9.17) is 9.47 Å². The van der Waals surface area contributed by atoms with Gasteiger partial charge in [-0.2, -0.15) is 0 Å². The summed E-state index contributed by atoms with van der Waals surface area (Å²) in [5.41, 5.74) is 1.16. The molecule has 1 unspecified atom stereocenters. The highest BCUT2D eigenvalue weighted by Gasteiger charge is 2.50. The Morgan fingerprint density at radius 1 is 0.863 bits per heavy atom. The normalized spacial score (nSPS) is 21.0. The highest BCUT2D eigenvalue weighted by Crippen LogP contribution is 2.29. The topological polar surface area (TPSA) is 141 Å². The van der Waals surface area contributed by atoms with Crippen molar-refractivity contribution >= 4 is 23.5 Å². The maximum atomic E-state index is 14.2. The number of hydrogen-bond donors (Lipinski definition) is 4. The average Bonchev–Trinajstić information content (AvgIpc) is 3.86.